The zero-order chi connectivity index (χ0) is 18.5. The summed E-state index contributed by atoms with van der Waals surface area (Å²) in [7, 11) is 1.90. The Morgan fingerprint density at radius 1 is 1.04 bits per heavy atom. The van der Waals surface area contributed by atoms with Crippen LogP contribution in [0.15, 0.2) is 72.9 Å². The van der Waals surface area contributed by atoms with Crippen LogP contribution >= 0.6 is 0 Å². The molecular weight excluding hydrogens is 332 g/mol. The van der Waals surface area contributed by atoms with Crippen molar-refractivity contribution in [3.63, 3.8) is 0 Å². The molecule has 1 N–H and O–H groups in total. The molecule has 0 saturated heterocycles. The summed E-state index contributed by atoms with van der Waals surface area (Å²) in [6, 6.07) is 18.9. The van der Waals surface area contributed by atoms with Crippen LogP contribution in [0.1, 0.15) is 10.4 Å². The number of nitro groups is 1. The number of para-hydroxylation sites is 1. The molecule has 0 aliphatic rings. The minimum absolute atomic E-state index is 0.0297. The Labute approximate surface area is 150 Å². The van der Waals surface area contributed by atoms with Gasteiger partial charge in [0.05, 0.1) is 10.5 Å². The van der Waals surface area contributed by atoms with Gasteiger partial charge in [0.15, 0.2) is 0 Å². The molecule has 0 aliphatic carbocycles. The van der Waals surface area contributed by atoms with Crippen molar-refractivity contribution in [2.45, 2.75) is 0 Å². The lowest BCUT2D eigenvalue weighted by Crippen LogP contribution is -2.14. The molecule has 0 fully saturated rings. The predicted molar refractivity (Wildman–Crippen MR) is 99.8 cm³/mol. The number of nitrogens with one attached hydrogen (secondary N) is 1. The van der Waals surface area contributed by atoms with Crippen molar-refractivity contribution in [3.05, 3.63) is 88.6 Å². The molecule has 1 aromatic heterocycles. The van der Waals surface area contributed by atoms with E-state index in [2.05, 4.69) is 10.3 Å². The molecule has 1 heterocycles. The lowest BCUT2D eigenvalue weighted by atomic mass is 10.2. The van der Waals surface area contributed by atoms with Crippen LogP contribution in [0.5, 0.6) is 0 Å². The van der Waals surface area contributed by atoms with E-state index in [0.717, 1.165) is 5.69 Å². The van der Waals surface area contributed by atoms with E-state index in [1.807, 2.05) is 42.3 Å². The van der Waals surface area contributed by atoms with Gasteiger partial charge in [0, 0.05) is 36.8 Å². The van der Waals surface area contributed by atoms with Gasteiger partial charge in [-0.25, -0.2) is 4.98 Å². The lowest BCUT2D eigenvalue weighted by Gasteiger charge is -2.18. The highest BCUT2D eigenvalue weighted by Gasteiger charge is 2.10. The molecule has 130 valence electrons. The zero-order valence-corrected chi connectivity index (χ0v) is 14.0. The number of aromatic nitrogens is 1. The van der Waals surface area contributed by atoms with E-state index in [1.54, 1.807) is 12.1 Å². The van der Waals surface area contributed by atoms with Crippen LogP contribution in [0.25, 0.3) is 0 Å². The fraction of sp³-hybridized carbons (Fsp3) is 0.0526. The van der Waals surface area contributed by atoms with Gasteiger partial charge in [-0.3, -0.25) is 14.9 Å². The number of hydrogen-bond donors (Lipinski definition) is 1. The van der Waals surface area contributed by atoms with Crippen LogP contribution in [0, 0.1) is 10.1 Å². The van der Waals surface area contributed by atoms with Gasteiger partial charge in [0.25, 0.3) is 11.6 Å². The summed E-state index contributed by atoms with van der Waals surface area (Å²) in [6.45, 7) is 0. The second-order valence-corrected chi connectivity index (χ2v) is 5.56. The maximum atomic E-state index is 12.3. The minimum Gasteiger partial charge on any atom is -0.329 e. The number of carbonyl (C=O) groups is 1. The molecule has 0 saturated carbocycles. The topological polar surface area (TPSA) is 88.4 Å². The normalized spacial score (nSPS) is 10.2. The molecule has 0 unspecified atom stereocenters. The van der Waals surface area contributed by atoms with E-state index < -0.39 is 4.92 Å². The molecule has 0 atom stereocenters. The highest BCUT2D eigenvalue weighted by atomic mass is 16.6. The largest absolute Gasteiger partial charge is 0.329 e. The second kappa shape index (κ2) is 7.43. The van der Waals surface area contributed by atoms with E-state index >= 15 is 0 Å². The Balaban J connectivity index is 1.69. The van der Waals surface area contributed by atoms with E-state index in [4.69, 9.17) is 0 Å². The lowest BCUT2D eigenvalue weighted by molar-refractivity contribution is -0.384. The van der Waals surface area contributed by atoms with Crippen molar-refractivity contribution in [2.24, 2.45) is 0 Å². The van der Waals surface area contributed by atoms with Crippen molar-refractivity contribution >= 4 is 28.8 Å². The van der Waals surface area contributed by atoms with Crippen LogP contribution in [-0.2, 0) is 0 Å². The first-order chi connectivity index (χ1) is 12.5. The van der Waals surface area contributed by atoms with Crippen LogP contribution in [0.3, 0.4) is 0 Å². The van der Waals surface area contributed by atoms with Gasteiger partial charge >= 0.3 is 0 Å². The first-order valence-electron chi connectivity index (χ1n) is 7.85. The Bertz CT molecular complexity index is 910. The molecule has 0 spiro atoms. The third-order valence-corrected chi connectivity index (χ3v) is 3.83. The molecule has 2 aromatic carbocycles. The maximum absolute atomic E-state index is 12.3. The molecule has 7 heteroatoms. The van der Waals surface area contributed by atoms with Gasteiger partial charge in [-0.15, -0.1) is 0 Å². The standard InChI is InChI=1S/C19H16N4O3/c1-22(16-5-3-2-4-6-16)18-12-7-14(13-20-18)19(24)21-15-8-10-17(11-9-15)23(25)26/h2-13H,1H3,(H,21,24). The Kier molecular flexibility index (Phi) is 4.89. The summed E-state index contributed by atoms with van der Waals surface area (Å²) >= 11 is 0. The molecule has 1 amide bonds. The average Bonchev–Trinajstić information content (AvgIpc) is 2.68. The van der Waals surface area contributed by atoms with E-state index in [1.165, 1.54) is 30.5 Å². The highest BCUT2D eigenvalue weighted by molar-refractivity contribution is 6.04. The van der Waals surface area contributed by atoms with Gasteiger partial charge in [0.2, 0.25) is 0 Å². The SMILES string of the molecule is CN(c1ccccc1)c1ccc(C(=O)Nc2ccc([N+](=O)[O-])cc2)cn1. The smallest absolute Gasteiger partial charge is 0.269 e. The Hall–Kier alpha value is -3.74. The van der Waals surface area contributed by atoms with E-state index in [9.17, 15) is 14.9 Å². The average molecular weight is 348 g/mol. The van der Waals surface area contributed by atoms with Crippen molar-refractivity contribution < 1.29 is 9.72 Å². The number of anilines is 3. The predicted octanol–water partition coefficient (Wildman–Crippen LogP) is 4.01. The molecule has 3 aromatic rings. The quantitative estimate of drug-likeness (QED) is 0.556. The van der Waals surface area contributed by atoms with Crippen molar-refractivity contribution in [1.82, 2.24) is 4.98 Å². The molecular formula is C19H16N4O3. The van der Waals surface area contributed by atoms with Gasteiger partial charge in [-0.1, -0.05) is 18.2 Å². The summed E-state index contributed by atoms with van der Waals surface area (Å²) in [4.78, 5) is 28.7. The number of nitro benzene ring substituents is 1. The fourth-order valence-corrected chi connectivity index (χ4v) is 2.37. The number of amides is 1. The summed E-state index contributed by atoms with van der Waals surface area (Å²) in [5, 5.41) is 13.3. The first kappa shape index (κ1) is 17.1. The third kappa shape index (κ3) is 3.84. The molecule has 26 heavy (non-hydrogen) atoms. The van der Waals surface area contributed by atoms with Gasteiger partial charge in [-0.2, -0.15) is 0 Å². The molecule has 0 radical (unpaired) electrons. The van der Waals surface area contributed by atoms with Crippen molar-refractivity contribution in [2.75, 3.05) is 17.3 Å². The number of rotatable bonds is 5. The van der Waals surface area contributed by atoms with E-state index in [0.29, 0.717) is 17.1 Å². The summed E-state index contributed by atoms with van der Waals surface area (Å²) in [5.41, 5.74) is 1.83. The van der Waals surface area contributed by atoms with Crippen molar-refractivity contribution in [1.29, 1.82) is 0 Å². The first-order valence-corrected chi connectivity index (χ1v) is 7.85. The van der Waals surface area contributed by atoms with E-state index in [-0.39, 0.29) is 11.6 Å². The number of pyridine rings is 1. The third-order valence-electron chi connectivity index (χ3n) is 3.83. The summed E-state index contributed by atoms with van der Waals surface area (Å²) in [6.07, 6.45) is 1.50. The number of carbonyl (C=O) groups excluding carboxylic acids is 1. The number of benzene rings is 2. The van der Waals surface area contributed by atoms with Crippen molar-refractivity contribution in [3.8, 4) is 0 Å². The number of hydrogen-bond acceptors (Lipinski definition) is 5. The summed E-state index contributed by atoms with van der Waals surface area (Å²) < 4.78 is 0. The van der Waals surface area contributed by atoms with Crippen LogP contribution < -0.4 is 10.2 Å². The minimum atomic E-state index is -0.489. The number of nitrogens with zero attached hydrogens (tertiary/aromatic N) is 3. The molecule has 3 rings (SSSR count). The zero-order valence-electron chi connectivity index (χ0n) is 14.0. The number of non-ortho nitro benzene ring substituents is 1. The Morgan fingerprint density at radius 3 is 2.31 bits per heavy atom. The molecule has 0 aliphatic heterocycles. The maximum Gasteiger partial charge on any atom is 0.269 e. The fourth-order valence-electron chi connectivity index (χ4n) is 2.37. The molecule has 7 nitrogen and oxygen atoms in total. The van der Waals surface area contributed by atoms with Gasteiger partial charge in [0.1, 0.15) is 5.82 Å². The monoisotopic (exact) mass is 348 g/mol. The van der Waals surface area contributed by atoms with Gasteiger partial charge in [-0.05, 0) is 36.4 Å². The van der Waals surface area contributed by atoms with Crippen LogP contribution in [0.2, 0.25) is 0 Å². The van der Waals surface area contributed by atoms with Gasteiger partial charge < -0.3 is 10.2 Å². The highest BCUT2D eigenvalue weighted by Crippen LogP contribution is 2.21. The molecule has 0 bridgehead atoms. The Morgan fingerprint density at radius 2 is 1.73 bits per heavy atom. The van der Waals surface area contributed by atoms with Crippen LogP contribution in [-0.4, -0.2) is 22.9 Å². The summed E-state index contributed by atoms with van der Waals surface area (Å²) in [5.74, 6) is 0.378. The van der Waals surface area contributed by atoms with Crippen LogP contribution in [0.4, 0.5) is 22.9 Å². The second-order valence-electron chi connectivity index (χ2n) is 5.56.